The van der Waals surface area contributed by atoms with Crippen molar-refractivity contribution in [2.75, 3.05) is 13.2 Å². The first-order valence-corrected chi connectivity index (χ1v) is 13.3. The Morgan fingerprint density at radius 1 is 0.641 bits per heavy atom. The van der Waals surface area contributed by atoms with E-state index in [0.717, 1.165) is 11.8 Å². The van der Waals surface area contributed by atoms with Gasteiger partial charge in [-0.2, -0.15) is 0 Å². The molecule has 2 fully saturated rings. The Balaban J connectivity index is 1.51. The fourth-order valence-electron chi connectivity index (χ4n) is 4.52. The van der Waals surface area contributed by atoms with Gasteiger partial charge in [-0.3, -0.25) is 9.59 Å². The second-order valence-corrected chi connectivity index (χ2v) is 10.5. The van der Waals surface area contributed by atoms with Gasteiger partial charge < -0.3 is 50.7 Å². The maximum atomic E-state index is 12.7. The lowest BCUT2D eigenvalue weighted by Gasteiger charge is -2.46. The molecule has 2 aromatic rings. The molecular weight excluding hydrogens is 532 g/mol. The van der Waals surface area contributed by atoms with Gasteiger partial charge in [-0.1, -0.05) is 48.2 Å². The molecule has 2 amide bonds. The Hall–Kier alpha value is -2.59. The van der Waals surface area contributed by atoms with Crippen molar-refractivity contribution in [2.45, 2.75) is 59.6 Å². The second-order valence-electron chi connectivity index (χ2n) is 9.28. The maximum Gasteiger partial charge on any atom is 0.251 e. The van der Waals surface area contributed by atoms with E-state index < -0.39 is 84.6 Å². The van der Waals surface area contributed by atoms with Crippen molar-refractivity contribution in [1.29, 1.82) is 0 Å². The Labute approximate surface area is 228 Å². The quantitative estimate of drug-likeness (QED) is 0.180. The zero-order chi connectivity index (χ0) is 28.1. The lowest BCUT2D eigenvalue weighted by molar-refractivity contribution is -0.175. The summed E-state index contributed by atoms with van der Waals surface area (Å²) in [5.41, 5.74) is -1.88. The molecule has 10 atom stereocenters. The van der Waals surface area contributed by atoms with Crippen molar-refractivity contribution in [3.05, 3.63) is 71.8 Å². The number of aliphatic hydroxyl groups excluding tert-OH is 6. The molecule has 2 aliphatic rings. The summed E-state index contributed by atoms with van der Waals surface area (Å²) in [5.74, 6) is -1.13. The monoisotopic (exact) mass is 564 g/mol. The highest BCUT2D eigenvalue weighted by Gasteiger charge is 2.50. The molecule has 8 N–H and O–H groups in total. The van der Waals surface area contributed by atoms with Crippen LogP contribution in [-0.4, -0.2) is 115 Å². The molecule has 0 aromatic heterocycles. The molecule has 0 bridgehead atoms. The topological polar surface area (TPSA) is 198 Å². The number of hydrogen-bond acceptors (Lipinski definition) is 11. The Kier molecular flexibility index (Phi) is 9.93. The van der Waals surface area contributed by atoms with Crippen LogP contribution in [0.4, 0.5) is 0 Å². The number of carbonyl (C=O) groups excluding carboxylic acids is 2. The first-order chi connectivity index (χ1) is 18.7. The molecule has 13 heteroatoms. The summed E-state index contributed by atoms with van der Waals surface area (Å²) in [6, 6.07) is 13.8. The van der Waals surface area contributed by atoms with E-state index in [1.807, 2.05) is 0 Å². The lowest BCUT2D eigenvalue weighted by Crippen LogP contribution is -2.66. The number of thioether (sulfide) groups is 1. The number of benzene rings is 2. The van der Waals surface area contributed by atoms with Gasteiger partial charge in [0.2, 0.25) is 0 Å². The van der Waals surface area contributed by atoms with Crippen LogP contribution in [-0.2, 0) is 9.47 Å². The van der Waals surface area contributed by atoms with Crippen LogP contribution in [0.1, 0.15) is 20.7 Å². The third kappa shape index (κ3) is 6.60. The second kappa shape index (κ2) is 13.2. The van der Waals surface area contributed by atoms with Crippen molar-refractivity contribution in [1.82, 2.24) is 10.6 Å². The van der Waals surface area contributed by atoms with E-state index in [9.17, 15) is 40.2 Å². The highest BCUT2D eigenvalue weighted by Crippen LogP contribution is 2.36. The molecule has 0 saturated carbocycles. The van der Waals surface area contributed by atoms with Crippen LogP contribution >= 0.6 is 11.8 Å². The zero-order valence-corrected chi connectivity index (χ0v) is 21.5. The van der Waals surface area contributed by atoms with E-state index in [-0.39, 0.29) is 11.1 Å². The van der Waals surface area contributed by atoms with Crippen LogP contribution in [0, 0.1) is 0 Å². The SMILES string of the molecule is O=C(NC1C(O)[C@H](SC2O[C@H](CO)C(O)C(NC(=O)c3ccccc3)[C@H]2O)OC(CO)[C@@H]1O)c1ccccc1. The molecule has 2 saturated heterocycles. The van der Waals surface area contributed by atoms with E-state index in [4.69, 9.17) is 9.47 Å². The van der Waals surface area contributed by atoms with Crippen molar-refractivity contribution in [2.24, 2.45) is 0 Å². The van der Waals surface area contributed by atoms with Gasteiger partial charge >= 0.3 is 0 Å². The van der Waals surface area contributed by atoms with Crippen molar-refractivity contribution < 1.29 is 49.7 Å². The summed E-state index contributed by atoms with van der Waals surface area (Å²) in [7, 11) is 0. The summed E-state index contributed by atoms with van der Waals surface area (Å²) in [6.07, 6.45) is -8.35. The Bertz CT molecular complexity index is 1010. The number of carbonyl (C=O) groups is 2. The van der Waals surface area contributed by atoms with Crippen molar-refractivity contribution >= 4 is 23.6 Å². The predicted octanol–water partition coefficient (Wildman–Crippen LogP) is -1.81. The Morgan fingerprint density at radius 2 is 1.00 bits per heavy atom. The fraction of sp³-hybridized carbons (Fsp3) is 0.462. The fourth-order valence-corrected chi connectivity index (χ4v) is 5.86. The van der Waals surface area contributed by atoms with Gasteiger partial charge in [-0.25, -0.2) is 0 Å². The molecule has 212 valence electrons. The molecule has 2 aliphatic heterocycles. The van der Waals surface area contributed by atoms with Gasteiger partial charge in [-0.05, 0) is 24.3 Å². The molecule has 12 nitrogen and oxygen atoms in total. The van der Waals surface area contributed by atoms with Crippen LogP contribution in [0.25, 0.3) is 0 Å². The number of rotatable bonds is 8. The summed E-state index contributed by atoms with van der Waals surface area (Å²) >= 11 is 0.762. The van der Waals surface area contributed by atoms with Crippen LogP contribution < -0.4 is 10.6 Å². The van der Waals surface area contributed by atoms with E-state index in [1.165, 1.54) is 0 Å². The molecule has 6 unspecified atom stereocenters. The first kappa shape index (κ1) is 29.4. The van der Waals surface area contributed by atoms with Gasteiger partial charge in [0.05, 0.1) is 25.3 Å². The standard InChI is InChI=1S/C26H32N2O10S/c29-11-15-19(31)17(27-23(35)13-7-3-1-4-8-13)21(33)25(37-15)39-26-22(34)18(20(32)16(12-30)38-26)28-24(36)14-9-5-2-6-10-14/h1-10,15-22,25-26,29-34H,11-12H2,(H,27,35)(H,28,36)/t15-,16?,17?,18?,19?,20+,21-,22?,25?,26+/m1/s1. The number of aliphatic hydroxyl groups is 6. The molecule has 2 aromatic carbocycles. The molecule has 0 spiro atoms. The summed E-state index contributed by atoms with van der Waals surface area (Å²) in [5, 5.41) is 68.1. The highest BCUT2D eigenvalue weighted by molar-refractivity contribution is 8.00. The largest absolute Gasteiger partial charge is 0.394 e. The van der Waals surface area contributed by atoms with Gasteiger partial charge in [-0.15, -0.1) is 0 Å². The van der Waals surface area contributed by atoms with Crippen molar-refractivity contribution in [3.8, 4) is 0 Å². The van der Waals surface area contributed by atoms with Gasteiger partial charge in [0.1, 0.15) is 47.5 Å². The smallest absolute Gasteiger partial charge is 0.251 e. The molecule has 0 aliphatic carbocycles. The Morgan fingerprint density at radius 3 is 1.33 bits per heavy atom. The van der Waals surface area contributed by atoms with E-state index >= 15 is 0 Å². The van der Waals surface area contributed by atoms with Gasteiger partial charge in [0.25, 0.3) is 11.8 Å². The van der Waals surface area contributed by atoms with Crippen molar-refractivity contribution in [3.63, 3.8) is 0 Å². The summed E-state index contributed by atoms with van der Waals surface area (Å²) in [6.45, 7) is -1.27. The van der Waals surface area contributed by atoms with E-state index in [2.05, 4.69) is 10.6 Å². The van der Waals surface area contributed by atoms with Crippen LogP contribution in [0.15, 0.2) is 60.7 Å². The number of amides is 2. The number of ether oxygens (including phenoxy) is 2. The highest BCUT2D eigenvalue weighted by atomic mass is 32.2. The number of nitrogens with one attached hydrogen (secondary N) is 2. The average Bonchev–Trinajstić information content (AvgIpc) is 2.96. The molecule has 2 heterocycles. The molecule has 0 radical (unpaired) electrons. The van der Waals surface area contributed by atoms with Gasteiger partial charge in [0, 0.05) is 11.1 Å². The minimum Gasteiger partial charge on any atom is -0.394 e. The molecular formula is C26H32N2O10S. The third-order valence-corrected chi connectivity index (χ3v) is 8.02. The third-order valence-electron chi connectivity index (χ3n) is 6.70. The van der Waals surface area contributed by atoms with Crippen LogP contribution in [0.2, 0.25) is 0 Å². The van der Waals surface area contributed by atoms with Crippen LogP contribution in [0.3, 0.4) is 0 Å². The zero-order valence-electron chi connectivity index (χ0n) is 20.7. The maximum absolute atomic E-state index is 12.7. The van der Waals surface area contributed by atoms with E-state index in [0.29, 0.717) is 0 Å². The number of hydrogen-bond donors (Lipinski definition) is 8. The van der Waals surface area contributed by atoms with Gasteiger partial charge in [0.15, 0.2) is 0 Å². The van der Waals surface area contributed by atoms with E-state index in [1.54, 1.807) is 60.7 Å². The summed E-state index contributed by atoms with van der Waals surface area (Å²) in [4.78, 5) is 25.4. The van der Waals surface area contributed by atoms with Crippen LogP contribution in [0.5, 0.6) is 0 Å². The summed E-state index contributed by atoms with van der Waals surface area (Å²) < 4.78 is 11.3. The molecule has 39 heavy (non-hydrogen) atoms. The minimum atomic E-state index is -1.52. The first-order valence-electron chi connectivity index (χ1n) is 12.4. The minimum absolute atomic E-state index is 0.288. The average molecular weight is 565 g/mol. The lowest BCUT2D eigenvalue weighted by atomic mass is 9.96. The molecule has 4 rings (SSSR count). The normalized spacial score (nSPS) is 34.7. The predicted molar refractivity (Wildman–Crippen MR) is 139 cm³/mol.